The minimum Gasteiger partial charge on any atom is -0.465 e. The third-order valence-corrected chi connectivity index (χ3v) is 3.96. The minimum atomic E-state index is -1.20. The van der Waals surface area contributed by atoms with Gasteiger partial charge in [-0.1, -0.05) is 6.42 Å². The summed E-state index contributed by atoms with van der Waals surface area (Å²) in [4.78, 5) is 26.6. The first-order valence-corrected chi connectivity index (χ1v) is 8.19. The van der Waals surface area contributed by atoms with Gasteiger partial charge < -0.3 is 14.2 Å². The molecule has 1 saturated heterocycles. The molecule has 0 saturated carbocycles. The Morgan fingerprint density at radius 3 is 2.09 bits per heavy atom. The SMILES string of the molecule is CCOC(=O)C(C)(CCCCN1CCOCC1)C(=O)OCC. The molecule has 1 rings (SSSR count). The van der Waals surface area contributed by atoms with Crippen LogP contribution in [-0.2, 0) is 23.8 Å². The Balaban J connectivity index is 2.46. The molecule has 0 aromatic carbocycles. The molecule has 1 aliphatic rings. The van der Waals surface area contributed by atoms with Crippen LogP contribution in [-0.4, -0.2) is 62.9 Å². The molecule has 1 heterocycles. The molecular weight excluding hydrogens is 286 g/mol. The molecule has 22 heavy (non-hydrogen) atoms. The summed E-state index contributed by atoms with van der Waals surface area (Å²) in [6.07, 6.45) is 2.18. The van der Waals surface area contributed by atoms with E-state index in [0.29, 0.717) is 6.42 Å². The second kappa shape index (κ2) is 9.79. The summed E-state index contributed by atoms with van der Waals surface area (Å²) < 4.78 is 15.4. The van der Waals surface area contributed by atoms with Crippen molar-refractivity contribution < 1.29 is 23.8 Å². The lowest BCUT2D eigenvalue weighted by molar-refractivity contribution is -0.171. The molecule has 0 aromatic heterocycles. The van der Waals surface area contributed by atoms with Crippen molar-refractivity contribution in [3.05, 3.63) is 0 Å². The Morgan fingerprint density at radius 1 is 1.05 bits per heavy atom. The predicted molar refractivity (Wildman–Crippen MR) is 82.5 cm³/mol. The number of morpholine rings is 1. The number of rotatable bonds is 9. The summed E-state index contributed by atoms with van der Waals surface area (Å²) in [5, 5.41) is 0. The minimum absolute atomic E-state index is 0.265. The molecule has 0 N–H and O–H groups in total. The Bertz CT molecular complexity index is 334. The number of esters is 2. The normalized spacial score (nSPS) is 16.3. The molecule has 1 aliphatic heterocycles. The van der Waals surface area contributed by atoms with Crippen molar-refractivity contribution in [2.24, 2.45) is 5.41 Å². The summed E-state index contributed by atoms with van der Waals surface area (Å²) in [6.45, 7) is 10.1. The molecule has 0 radical (unpaired) electrons. The van der Waals surface area contributed by atoms with Crippen LogP contribution in [0.3, 0.4) is 0 Å². The van der Waals surface area contributed by atoms with E-state index in [1.165, 1.54) is 0 Å². The summed E-state index contributed by atoms with van der Waals surface area (Å²) in [7, 11) is 0. The second-order valence-electron chi connectivity index (χ2n) is 5.68. The van der Waals surface area contributed by atoms with Gasteiger partial charge in [0.2, 0.25) is 0 Å². The maximum Gasteiger partial charge on any atom is 0.323 e. The highest BCUT2D eigenvalue weighted by molar-refractivity contribution is 5.99. The first-order valence-electron chi connectivity index (χ1n) is 8.19. The molecule has 0 aliphatic carbocycles. The first-order chi connectivity index (χ1) is 10.5. The molecule has 0 spiro atoms. The average Bonchev–Trinajstić information content (AvgIpc) is 2.52. The van der Waals surface area contributed by atoms with E-state index in [1.807, 2.05) is 0 Å². The lowest BCUT2D eigenvalue weighted by Crippen LogP contribution is -2.40. The van der Waals surface area contributed by atoms with Crippen LogP contribution in [0.1, 0.15) is 40.0 Å². The Labute approximate surface area is 133 Å². The van der Waals surface area contributed by atoms with E-state index >= 15 is 0 Å². The quantitative estimate of drug-likeness (QED) is 0.366. The molecule has 128 valence electrons. The van der Waals surface area contributed by atoms with Crippen LogP contribution in [0.2, 0.25) is 0 Å². The van der Waals surface area contributed by atoms with Crippen molar-refractivity contribution >= 4 is 11.9 Å². The molecule has 6 heteroatoms. The standard InChI is InChI=1S/C16H29NO5/c1-4-21-14(18)16(3,15(19)22-5-2)8-6-7-9-17-10-12-20-13-11-17/h4-13H2,1-3H3. The van der Waals surface area contributed by atoms with Crippen molar-refractivity contribution in [1.29, 1.82) is 0 Å². The third kappa shape index (κ3) is 5.57. The van der Waals surface area contributed by atoms with E-state index in [4.69, 9.17) is 14.2 Å². The van der Waals surface area contributed by atoms with Crippen molar-refractivity contribution in [3.8, 4) is 0 Å². The highest BCUT2D eigenvalue weighted by atomic mass is 16.6. The predicted octanol–water partition coefficient (Wildman–Crippen LogP) is 1.62. The summed E-state index contributed by atoms with van der Waals surface area (Å²) in [5.41, 5.74) is -1.20. The summed E-state index contributed by atoms with van der Waals surface area (Å²) in [6, 6.07) is 0. The Kier molecular flexibility index (Phi) is 8.42. The van der Waals surface area contributed by atoms with Gasteiger partial charge in [-0.05, 0) is 40.2 Å². The fraction of sp³-hybridized carbons (Fsp3) is 0.875. The zero-order valence-corrected chi connectivity index (χ0v) is 14.1. The monoisotopic (exact) mass is 315 g/mol. The van der Waals surface area contributed by atoms with Crippen LogP contribution in [0.5, 0.6) is 0 Å². The van der Waals surface area contributed by atoms with Gasteiger partial charge in [0.25, 0.3) is 0 Å². The second-order valence-corrected chi connectivity index (χ2v) is 5.68. The van der Waals surface area contributed by atoms with Crippen LogP contribution < -0.4 is 0 Å². The van der Waals surface area contributed by atoms with E-state index < -0.39 is 17.4 Å². The van der Waals surface area contributed by atoms with Gasteiger partial charge in [0.15, 0.2) is 5.41 Å². The Hall–Kier alpha value is -1.14. The van der Waals surface area contributed by atoms with E-state index in [9.17, 15) is 9.59 Å². The van der Waals surface area contributed by atoms with Crippen LogP contribution >= 0.6 is 0 Å². The topological polar surface area (TPSA) is 65.1 Å². The number of ether oxygens (including phenoxy) is 3. The van der Waals surface area contributed by atoms with E-state index in [2.05, 4.69) is 4.90 Å². The van der Waals surface area contributed by atoms with Gasteiger partial charge in [-0.2, -0.15) is 0 Å². The average molecular weight is 315 g/mol. The molecule has 6 nitrogen and oxygen atoms in total. The molecule has 1 fully saturated rings. The molecule has 0 unspecified atom stereocenters. The van der Waals surface area contributed by atoms with Crippen molar-refractivity contribution in [1.82, 2.24) is 4.90 Å². The van der Waals surface area contributed by atoms with Gasteiger partial charge >= 0.3 is 11.9 Å². The molecule has 0 atom stereocenters. The smallest absolute Gasteiger partial charge is 0.323 e. The van der Waals surface area contributed by atoms with Gasteiger partial charge in [-0.15, -0.1) is 0 Å². The number of hydrogen-bond acceptors (Lipinski definition) is 6. The van der Waals surface area contributed by atoms with E-state index in [-0.39, 0.29) is 13.2 Å². The van der Waals surface area contributed by atoms with Crippen LogP contribution in [0.15, 0.2) is 0 Å². The van der Waals surface area contributed by atoms with Gasteiger partial charge in [0, 0.05) is 13.1 Å². The number of carbonyl (C=O) groups is 2. The van der Waals surface area contributed by atoms with Gasteiger partial charge in [-0.3, -0.25) is 14.5 Å². The number of carbonyl (C=O) groups excluding carboxylic acids is 2. The number of nitrogens with zero attached hydrogens (tertiary/aromatic N) is 1. The molecule has 0 amide bonds. The van der Waals surface area contributed by atoms with Crippen molar-refractivity contribution in [3.63, 3.8) is 0 Å². The highest BCUT2D eigenvalue weighted by Crippen LogP contribution is 2.28. The fourth-order valence-electron chi connectivity index (χ4n) is 2.51. The third-order valence-electron chi connectivity index (χ3n) is 3.96. The van der Waals surface area contributed by atoms with Crippen LogP contribution in [0.25, 0.3) is 0 Å². The largest absolute Gasteiger partial charge is 0.465 e. The number of unbranched alkanes of at least 4 members (excludes halogenated alkanes) is 1. The van der Waals surface area contributed by atoms with Crippen LogP contribution in [0.4, 0.5) is 0 Å². The lowest BCUT2D eigenvalue weighted by Gasteiger charge is -2.28. The zero-order valence-electron chi connectivity index (χ0n) is 14.1. The van der Waals surface area contributed by atoms with Crippen molar-refractivity contribution in [2.45, 2.75) is 40.0 Å². The zero-order chi connectivity index (χ0) is 16.4. The maximum absolute atomic E-state index is 12.1. The van der Waals surface area contributed by atoms with Gasteiger partial charge in [-0.25, -0.2) is 0 Å². The maximum atomic E-state index is 12.1. The molecule has 0 aromatic rings. The summed E-state index contributed by atoms with van der Waals surface area (Å²) in [5.74, 6) is -0.973. The van der Waals surface area contributed by atoms with Crippen molar-refractivity contribution in [2.75, 3.05) is 46.1 Å². The van der Waals surface area contributed by atoms with Crippen LogP contribution in [0, 0.1) is 5.41 Å². The molecular formula is C16H29NO5. The van der Waals surface area contributed by atoms with Gasteiger partial charge in [0.1, 0.15) is 0 Å². The first kappa shape index (κ1) is 18.9. The van der Waals surface area contributed by atoms with Gasteiger partial charge in [0.05, 0.1) is 26.4 Å². The highest BCUT2D eigenvalue weighted by Gasteiger charge is 2.43. The molecule has 0 bridgehead atoms. The van der Waals surface area contributed by atoms with E-state index in [1.54, 1.807) is 20.8 Å². The number of hydrogen-bond donors (Lipinski definition) is 0. The lowest BCUT2D eigenvalue weighted by atomic mass is 9.85. The Morgan fingerprint density at radius 2 is 1.59 bits per heavy atom. The van der Waals surface area contributed by atoms with E-state index in [0.717, 1.165) is 45.7 Å². The fourth-order valence-corrected chi connectivity index (χ4v) is 2.51. The summed E-state index contributed by atoms with van der Waals surface area (Å²) >= 11 is 0.